The monoisotopic (exact) mass is 493 g/mol. The van der Waals surface area contributed by atoms with Gasteiger partial charge in [-0.1, -0.05) is 23.7 Å². The standard InChI is InChI=1S/C23H28ClN3O5S/c1-12(2)32-19(28)11-18-23(27-25)26-20-15(9-13(24)10-17(20)30-4)22(33-18)14-7-6-8-16(29-3)21(14)31-5/h6-10,12,18,22H,11,25H2,1-5H3,(H,26,27)/t18-,22-/m0/s1. The van der Waals surface area contributed by atoms with Crippen LogP contribution in [0.1, 0.15) is 36.6 Å². The lowest BCUT2D eigenvalue weighted by molar-refractivity contribution is -0.147. The van der Waals surface area contributed by atoms with Crippen LogP contribution in [-0.2, 0) is 9.53 Å². The number of hydrazone groups is 1. The third-order valence-corrected chi connectivity index (χ3v) is 6.75. The van der Waals surface area contributed by atoms with Crippen molar-refractivity contribution in [2.24, 2.45) is 10.9 Å². The Balaban J connectivity index is 2.20. The Morgan fingerprint density at radius 1 is 1.15 bits per heavy atom. The van der Waals surface area contributed by atoms with Crippen molar-refractivity contribution in [1.82, 2.24) is 0 Å². The van der Waals surface area contributed by atoms with Crippen LogP contribution in [0.15, 0.2) is 35.4 Å². The summed E-state index contributed by atoms with van der Waals surface area (Å²) in [6.45, 7) is 3.61. The highest BCUT2D eigenvalue weighted by Crippen LogP contribution is 2.52. The summed E-state index contributed by atoms with van der Waals surface area (Å²) >= 11 is 7.93. The van der Waals surface area contributed by atoms with Crippen LogP contribution in [0.25, 0.3) is 0 Å². The number of halogens is 1. The fourth-order valence-electron chi connectivity index (χ4n) is 3.70. The second-order valence-corrected chi connectivity index (χ2v) is 9.29. The zero-order valence-corrected chi connectivity index (χ0v) is 20.8. The van der Waals surface area contributed by atoms with Crippen molar-refractivity contribution in [3.05, 3.63) is 46.5 Å². The number of hydrogen-bond acceptors (Lipinski definition) is 8. The number of ether oxygens (including phenoxy) is 4. The molecular weight excluding hydrogens is 466 g/mol. The van der Waals surface area contributed by atoms with E-state index in [0.717, 1.165) is 11.1 Å². The average molecular weight is 494 g/mol. The molecule has 33 heavy (non-hydrogen) atoms. The molecule has 2 atom stereocenters. The normalized spacial score (nSPS) is 18.8. The molecule has 0 fully saturated rings. The van der Waals surface area contributed by atoms with Gasteiger partial charge in [0.15, 0.2) is 11.5 Å². The fraction of sp³-hybridized carbons (Fsp3) is 0.391. The van der Waals surface area contributed by atoms with Crippen molar-refractivity contribution in [1.29, 1.82) is 0 Å². The van der Waals surface area contributed by atoms with Crippen molar-refractivity contribution >= 4 is 40.9 Å². The maximum absolute atomic E-state index is 12.6. The van der Waals surface area contributed by atoms with Crippen LogP contribution < -0.4 is 25.4 Å². The van der Waals surface area contributed by atoms with Crippen LogP contribution in [0.3, 0.4) is 0 Å². The number of rotatable bonds is 7. The number of nitrogens with zero attached hydrogens (tertiary/aromatic N) is 1. The molecule has 0 bridgehead atoms. The molecule has 10 heteroatoms. The molecule has 0 aromatic heterocycles. The van der Waals surface area contributed by atoms with E-state index in [1.54, 1.807) is 41.2 Å². The third kappa shape index (κ3) is 5.42. The molecule has 0 spiro atoms. The van der Waals surface area contributed by atoms with Crippen LogP contribution in [0, 0.1) is 0 Å². The molecule has 8 nitrogen and oxygen atoms in total. The first-order chi connectivity index (χ1) is 15.8. The minimum atomic E-state index is -0.432. The van der Waals surface area contributed by atoms with Gasteiger partial charge in [-0.05, 0) is 31.5 Å². The Morgan fingerprint density at radius 2 is 1.88 bits per heavy atom. The summed E-state index contributed by atoms with van der Waals surface area (Å²) in [4.78, 5) is 12.6. The van der Waals surface area contributed by atoms with E-state index in [0.29, 0.717) is 33.8 Å². The Morgan fingerprint density at radius 3 is 2.48 bits per heavy atom. The first-order valence-corrected chi connectivity index (χ1v) is 11.6. The second kappa shape index (κ2) is 10.9. The van der Waals surface area contributed by atoms with E-state index in [9.17, 15) is 4.79 Å². The number of benzene rings is 2. The molecule has 2 aromatic rings. The highest BCUT2D eigenvalue weighted by Gasteiger charge is 2.36. The van der Waals surface area contributed by atoms with Gasteiger partial charge in [0.25, 0.3) is 0 Å². The van der Waals surface area contributed by atoms with E-state index in [2.05, 4.69) is 10.4 Å². The molecule has 3 N–H and O–H groups in total. The number of esters is 1. The van der Waals surface area contributed by atoms with Crippen molar-refractivity contribution < 1.29 is 23.7 Å². The topological polar surface area (TPSA) is 104 Å². The van der Waals surface area contributed by atoms with Crippen molar-refractivity contribution in [2.45, 2.75) is 36.9 Å². The zero-order valence-electron chi connectivity index (χ0n) is 19.2. The first-order valence-electron chi connectivity index (χ1n) is 10.3. The number of para-hydroxylation sites is 1. The van der Waals surface area contributed by atoms with Crippen LogP contribution in [0.5, 0.6) is 17.2 Å². The van der Waals surface area contributed by atoms with Gasteiger partial charge in [-0.15, -0.1) is 11.8 Å². The van der Waals surface area contributed by atoms with Crippen LogP contribution >= 0.6 is 23.4 Å². The molecular formula is C23H28ClN3O5S. The lowest BCUT2D eigenvalue weighted by Gasteiger charge is -2.24. The minimum Gasteiger partial charge on any atom is -0.495 e. The predicted molar refractivity (Wildman–Crippen MR) is 132 cm³/mol. The number of anilines is 1. The van der Waals surface area contributed by atoms with Crippen LogP contribution in [0.4, 0.5) is 5.69 Å². The molecule has 1 aliphatic heterocycles. The molecule has 0 aliphatic carbocycles. The highest BCUT2D eigenvalue weighted by molar-refractivity contribution is 8.01. The summed E-state index contributed by atoms with van der Waals surface area (Å²) in [6.07, 6.45) is -0.163. The van der Waals surface area contributed by atoms with E-state index in [1.165, 1.54) is 11.8 Å². The van der Waals surface area contributed by atoms with E-state index < -0.39 is 5.25 Å². The van der Waals surface area contributed by atoms with E-state index >= 15 is 0 Å². The Hall–Kier alpha value is -2.78. The van der Waals surface area contributed by atoms with Crippen LogP contribution in [-0.4, -0.2) is 44.5 Å². The van der Waals surface area contributed by atoms with Gasteiger partial charge < -0.3 is 30.1 Å². The molecule has 0 saturated heterocycles. The number of nitrogens with one attached hydrogen (secondary N) is 1. The van der Waals surface area contributed by atoms with Crippen LogP contribution in [0.2, 0.25) is 5.02 Å². The van der Waals surface area contributed by atoms with Gasteiger partial charge in [0, 0.05) is 16.7 Å². The number of nitrogens with two attached hydrogens (primary N) is 1. The quantitative estimate of drug-likeness (QED) is 0.327. The Kier molecular flexibility index (Phi) is 8.20. The number of carbonyl (C=O) groups excluding carboxylic acids is 1. The largest absolute Gasteiger partial charge is 0.495 e. The van der Waals surface area contributed by atoms with Crippen molar-refractivity contribution in [2.75, 3.05) is 26.6 Å². The van der Waals surface area contributed by atoms with Gasteiger partial charge in [-0.25, -0.2) is 0 Å². The predicted octanol–water partition coefficient (Wildman–Crippen LogP) is 4.60. The van der Waals surface area contributed by atoms with Gasteiger partial charge in [-0.3, -0.25) is 4.79 Å². The van der Waals surface area contributed by atoms with Gasteiger partial charge >= 0.3 is 5.97 Å². The number of fused-ring (bicyclic) bond motifs is 1. The summed E-state index contributed by atoms with van der Waals surface area (Å²) in [5, 5.41) is 6.98. The summed E-state index contributed by atoms with van der Waals surface area (Å²) in [5.74, 6) is 7.52. The molecule has 1 aliphatic rings. The maximum atomic E-state index is 12.6. The average Bonchev–Trinajstić information content (AvgIpc) is 2.93. The molecule has 0 saturated carbocycles. The SMILES string of the molecule is COc1cc(Cl)cc2c1N/C(=N\N)[C@H](CC(=O)OC(C)C)S[C@H]2c1cccc(OC)c1OC. The lowest BCUT2D eigenvalue weighted by atomic mass is 10.0. The fourth-order valence-corrected chi connectivity index (χ4v) is 5.39. The number of methoxy groups -OCH3 is 3. The van der Waals surface area contributed by atoms with Gasteiger partial charge in [0.1, 0.15) is 11.6 Å². The molecule has 0 radical (unpaired) electrons. The summed E-state index contributed by atoms with van der Waals surface area (Å²) in [6, 6.07) is 9.22. The Bertz CT molecular complexity index is 1050. The van der Waals surface area contributed by atoms with Gasteiger partial charge in [0.05, 0.1) is 50.0 Å². The number of hydrogen-bond donors (Lipinski definition) is 2. The van der Waals surface area contributed by atoms with Gasteiger partial charge in [0.2, 0.25) is 0 Å². The second-order valence-electron chi connectivity index (χ2n) is 7.54. The molecule has 1 heterocycles. The highest BCUT2D eigenvalue weighted by atomic mass is 35.5. The smallest absolute Gasteiger partial charge is 0.307 e. The molecule has 3 rings (SSSR count). The van der Waals surface area contributed by atoms with E-state index in [4.69, 9.17) is 36.4 Å². The number of amidine groups is 1. The van der Waals surface area contributed by atoms with Gasteiger partial charge in [-0.2, -0.15) is 5.10 Å². The molecule has 2 aromatic carbocycles. The Labute approximate surface area is 202 Å². The molecule has 0 unspecified atom stereocenters. The van der Waals surface area contributed by atoms with E-state index in [-0.39, 0.29) is 23.7 Å². The molecule has 178 valence electrons. The molecule has 0 amide bonds. The van der Waals surface area contributed by atoms with E-state index in [1.807, 2.05) is 24.3 Å². The summed E-state index contributed by atoms with van der Waals surface area (Å²) in [5.41, 5.74) is 2.33. The zero-order chi connectivity index (χ0) is 24.1. The first kappa shape index (κ1) is 24.9. The summed E-state index contributed by atoms with van der Waals surface area (Å²) < 4.78 is 22.2. The summed E-state index contributed by atoms with van der Waals surface area (Å²) in [7, 11) is 4.73. The maximum Gasteiger partial charge on any atom is 0.307 e. The van der Waals surface area contributed by atoms with Crippen molar-refractivity contribution in [3.63, 3.8) is 0 Å². The lowest BCUT2D eigenvalue weighted by Crippen LogP contribution is -2.29. The third-order valence-electron chi connectivity index (χ3n) is 5.03. The van der Waals surface area contributed by atoms with Crippen molar-refractivity contribution in [3.8, 4) is 17.2 Å². The number of thioether (sulfide) groups is 1. The minimum absolute atomic E-state index is 0.0682. The number of carbonyl (C=O) groups is 1.